The summed E-state index contributed by atoms with van der Waals surface area (Å²) in [5.74, 6) is 0. The van der Waals surface area contributed by atoms with Crippen LogP contribution in [0.4, 0.5) is 0 Å². The highest BCUT2D eigenvalue weighted by molar-refractivity contribution is 5.84. The Labute approximate surface area is 112 Å². The van der Waals surface area contributed by atoms with Gasteiger partial charge in [-0.05, 0) is 36.8 Å². The summed E-state index contributed by atoms with van der Waals surface area (Å²) in [6.07, 6.45) is 3.64. The Morgan fingerprint density at radius 2 is 1.79 bits per heavy atom. The second-order valence-corrected chi connectivity index (χ2v) is 5.40. The van der Waals surface area contributed by atoms with Crippen molar-refractivity contribution in [3.05, 3.63) is 60.7 Å². The number of hydrogen-bond donors (Lipinski definition) is 1. The highest BCUT2D eigenvalue weighted by atomic mass is 15.1. The number of aromatic nitrogens is 2. The highest BCUT2D eigenvalue weighted by Crippen LogP contribution is 2.23. The van der Waals surface area contributed by atoms with E-state index in [9.17, 15) is 0 Å². The maximum Gasteiger partial charge on any atom is 0.0994 e. The molecule has 0 fully saturated rings. The lowest BCUT2D eigenvalue weighted by Gasteiger charge is -2.20. The number of hydrogen-bond acceptors (Lipinski definition) is 2. The van der Waals surface area contributed by atoms with Crippen LogP contribution in [0.2, 0.25) is 0 Å². The summed E-state index contributed by atoms with van der Waals surface area (Å²) in [5, 5.41) is 2.45. The summed E-state index contributed by atoms with van der Waals surface area (Å²) in [4.78, 5) is 4.23. The summed E-state index contributed by atoms with van der Waals surface area (Å²) in [7, 11) is 0. The van der Waals surface area contributed by atoms with E-state index in [4.69, 9.17) is 5.73 Å². The molecule has 2 aromatic carbocycles. The first-order chi connectivity index (χ1) is 9.05. The van der Waals surface area contributed by atoms with Crippen LogP contribution < -0.4 is 5.73 Å². The molecule has 0 bridgehead atoms. The van der Waals surface area contributed by atoms with Crippen molar-refractivity contribution in [3.63, 3.8) is 0 Å². The molecule has 1 aromatic heterocycles. The van der Waals surface area contributed by atoms with Gasteiger partial charge in [-0.1, -0.05) is 30.3 Å². The average molecular weight is 251 g/mol. The zero-order valence-corrected chi connectivity index (χ0v) is 11.2. The van der Waals surface area contributed by atoms with Crippen LogP contribution in [-0.4, -0.2) is 9.55 Å². The number of imidazole rings is 1. The first-order valence-electron chi connectivity index (χ1n) is 6.36. The number of rotatable bonds is 2. The van der Waals surface area contributed by atoms with E-state index in [1.807, 2.05) is 43.1 Å². The van der Waals surface area contributed by atoms with Crippen molar-refractivity contribution >= 4 is 10.8 Å². The number of fused-ring (bicyclic) bond motifs is 1. The van der Waals surface area contributed by atoms with Crippen molar-refractivity contribution in [1.29, 1.82) is 0 Å². The molecule has 0 radical (unpaired) electrons. The van der Waals surface area contributed by atoms with Gasteiger partial charge < -0.3 is 10.3 Å². The van der Waals surface area contributed by atoms with Gasteiger partial charge in [-0.15, -0.1) is 0 Å². The Bertz CT molecular complexity index is 720. The van der Waals surface area contributed by atoms with Crippen LogP contribution >= 0.6 is 0 Å². The molecule has 0 saturated carbocycles. The van der Waals surface area contributed by atoms with Crippen molar-refractivity contribution in [2.45, 2.75) is 19.4 Å². The van der Waals surface area contributed by atoms with E-state index in [0.717, 1.165) is 11.4 Å². The van der Waals surface area contributed by atoms with E-state index in [1.165, 1.54) is 10.8 Å². The molecule has 19 heavy (non-hydrogen) atoms. The zero-order chi connectivity index (χ0) is 13.5. The molecule has 0 atom stereocenters. The van der Waals surface area contributed by atoms with Crippen LogP contribution in [0.15, 0.2) is 55.0 Å². The van der Waals surface area contributed by atoms with Gasteiger partial charge in [-0.3, -0.25) is 0 Å². The van der Waals surface area contributed by atoms with Crippen molar-refractivity contribution in [3.8, 4) is 5.69 Å². The van der Waals surface area contributed by atoms with Gasteiger partial charge in [0.05, 0.1) is 23.8 Å². The third-order valence-corrected chi connectivity index (χ3v) is 3.31. The SMILES string of the molecule is CC(C)(N)c1cncn1-c1ccc2ccccc2c1. The third kappa shape index (κ3) is 2.13. The first-order valence-corrected chi connectivity index (χ1v) is 6.36. The minimum Gasteiger partial charge on any atom is -0.321 e. The van der Waals surface area contributed by atoms with Crippen molar-refractivity contribution < 1.29 is 0 Å². The summed E-state index contributed by atoms with van der Waals surface area (Å²) < 4.78 is 2.05. The molecule has 0 spiro atoms. The molecular formula is C16H17N3. The molecule has 3 nitrogen and oxygen atoms in total. The summed E-state index contributed by atoms with van der Waals surface area (Å²) in [6, 6.07) is 14.7. The number of nitrogens with zero attached hydrogens (tertiary/aromatic N) is 2. The Morgan fingerprint density at radius 3 is 2.53 bits per heavy atom. The molecule has 2 N–H and O–H groups in total. The van der Waals surface area contributed by atoms with Gasteiger partial charge in [0.25, 0.3) is 0 Å². The number of benzene rings is 2. The fourth-order valence-corrected chi connectivity index (χ4v) is 2.30. The van der Waals surface area contributed by atoms with Crippen molar-refractivity contribution in [1.82, 2.24) is 9.55 Å². The van der Waals surface area contributed by atoms with E-state index >= 15 is 0 Å². The minimum absolute atomic E-state index is 0.415. The normalized spacial score (nSPS) is 11.9. The minimum atomic E-state index is -0.415. The monoisotopic (exact) mass is 251 g/mol. The topological polar surface area (TPSA) is 43.8 Å². The largest absolute Gasteiger partial charge is 0.321 e. The molecule has 0 aliphatic rings. The smallest absolute Gasteiger partial charge is 0.0994 e. The molecule has 0 aliphatic carbocycles. The van der Waals surface area contributed by atoms with Crippen LogP contribution in [-0.2, 0) is 5.54 Å². The maximum atomic E-state index is 6.19. The van der Waals surface area contributed by atoms with Gasteiger partial charge in [-0.2, -0.15) is 0 Å². The Balaban J connectivity index is 2.17. The van der Waals surface area contributed by atoms with Crippen molar-refractivity contribution in [2.75, 3.05) is 0 Å². The van der Waals surface area contributed by atoms with Crippen LogP contribution in [0.25, 0.3) is 16.5 Å². The molecule has 3 aromatic rings. The van der Waals surface area contributed by atoms with Crippen molar-refractivity contribution in [2.24, 2.45) is 5.73 Å². The van der Waals surface area contributed by atoms with E-state index in [2.05, 4.69) is 35.3 Å². The fraction of sp³-hybridized carbons (Fsp3) is 0.188. The quantitative estimate of drug-likeness (QED) is 0.760. The molecule has 0 amide bonds. The summed E-state index contributed by atoms with van der Waals surface area (Å²) in [5.41, 5.74) is 7.87. The van der Waals surface area contributed by atoms with Crippen LogP contribution in [0.5, 0.6) is 0 Å². The summed E-state index contributed by atoms with van der Waals surface area (Å²) >= 11 is 0. The first kappa shape index (κ1) is 11.9. The van der Waals surface area contributed by atoms with Gasteiger partial charge in [0.1, 0.15) is 0 Å². The maximum absolute atomic E-state index is 6.19. The highest BCUT2D eigenvalue weighted by Gasteiger charge is 2.19. The molecule has 0 aliphatic heterocycles. The second kappa shape index (κ2) is 4.21. The fourth-order valence-electron chi connectivity index (χ4n) is 2.30. The molecule has 3 rings (SSSR count). The zero-order valence-electron chi connectivity index (χ0n) is 11.2. The van der Waals surface area contributed by atoms with Crippen LogP contribution in [0.3, 0.4) is 0 Å². The van der Waals surface area contributed by atoms with Gasteiger partial charge in [0.15, 0.2) is 0 Å². The lowest BCUT2D eigenvalue weighted by molar-refractivity contribution is 0.524. The molecule has 96 valence electrons. The lowest BCUT2D eigenvalue weighted by atomic mass is 10.0. The third-order valence-electron chi connectivity index (χ3n) is 3.31. The molecule has 3 heteroatoms. The molecule has 1 heterocycles. The second-order valence-electron chi connectivity index (χ2n) is 5.40. The van der Waals surface area contributed by atoms with Gasteiger partial charge in [0, 0.05) is 5.69 Å². The van der Waals surface area contributed by atoms with E-state index in [-0.39, 0.29) is 0 Å². The van der Waals surface area contributed by atoms with Gasteiger partial charge in [-0.25, -0.2) is 4.98 Å². The number of nitrogens with two attached hydrogens (primary N) is 1. The van der Waals surface area contributed by atoms with Crippen LogP contribution in [0.1, 0.15) is 19.5 Å². The Hall–Kier alpha value is -2.13. The predicted octanol–water partition coefficient (Wildman–Crippen LogP) is 3.22. The lowest BCUT2D eigenvalue weighted by Crippen LogP contribution is -2.31. The standard InChI is InChI=1S/C16H17N3/c1-16(2,17)15-10-18-11-19(15)14-8-7-12-5-3-4-6-13(12)9-14/h3-11H,17H2,1-2H3. The Kier molecular flexibility index (Phi) is 2.64. The van der Waals surface area contributed by atoms with Gasteiger partial charge in [0.2, 0.25) is 0 Å². The van der Waals surface area contributed by atoms with E-state index in [1.54, 1.807) is 0 Å². The molecule has 0 saturated heterocycles. The molecular weight excluding hydrogens is 234 g/mol. The van der Waals surface area contributed by atoms with Crippen LogP contribution in [0, 0.1) is 0 Å². The average Bonchev–Trinajstić information content (AvgIpc) is 2.87. The van der Waals surface area contributed by atoms with E-state index in [0.29, 0.717) is 0 Å². The van der Waals surface area contributed by atoms with Gasteiger partial charge >= 0.3 is 0 Å². The summed E-state index contributed by atoms with van der Waals surface area (Å²) in [6.45, 7) is 3.98. The predicted molar refractivity (Wildman–Crippen MR) is 78.3 cm³/mol. The van der Waals surface area contributed by atoms with E-state index < -0.39 is 5.54 Å². The molecule has 0 unspecified atom stereocenters. The Morgan fingerprint density at radius 1 is 1.05 bits per heavy atom.